The Morgan fingerprint density at radius 2 is 1.94 bits per heavy atom. The zero-order valence-electron chi connectivity index (χ0n) is 19.6. The van der Waals surface area contributed by atoms with E-state index in [9.17, 15) is 10.2 Å². The van der Waals surface area contributed by atoms with E-state index in [-0.39, 0.29) is 17.3 Å². The molecule has 0 amide bonds. The standard InChI is InChI=1S/C27H33NO5/c1-27-10-9-18-19-14-25(32-3)24(29)13-21(19)23(12-20(18)22(27)7-8-26(27)30)28-33-15-16-5-4-6-17(11-16)31-2/h4-6,11,13-14,18,20,22,26,29-30H,7-10,12,15H2,1-3H3/t18-,20-,22+,26?,27+/m1/s1. The van der Waals surface area contributed by atoms with Gasteiger partial charge >= 0.3 is 0 Å². The highest BCUT2D eigenvalue weighted by Crippen LogP contribution is 2.61. The first kappa shape index (κ1) is 22.1. The average molecular weight is 452 g/mol. The molecule has 1 unspecified atom stereocenters. The van der Waals surface area contributed by atoms with Crippen LogP contribution in [0, 0.1) is 17.3 Å². The molecule has 0 aliphatic heterocycles. The normalized spacial score (nSPS) is 31.5. The minimum absolute atomic E-state index is 0.0355. The van der Waals surface area contributed by atoms with Gasteiger partial charge in [-0.05, 0) is 90.7 Å². The van der Waals surface area contributed by atoms with E-state index in [1.807, 2.05) is 30.3 Å². The van der Waals surface area contributed by atoms with Gasteiger partial charge in [0.25, 0.3) is 0 Å². The minimum Gasteiger partial charge on any atom is -0.504 e. The minimum atomic E-state index is -0.232. The monoisotopic (exact) mass is 451 g/mol. The lowest BCUT2D eigenvalue weighted by Gasteiger charge is -2.50. The van der Waals surface area contributed by atoms with E-state index in [4.69, 9.17) is 14.3 Å². The van der Waals surface area contributed by atoms with Gasteiger partial charge in [-0.1, -0.05) is 24.2 Å². The van der Waals surface area contributed by atoms with Crippen LogP contribution in [0.25, 0.3) is 0 Å². The number of nitrogens with zero attached hydrogens (tertiary/aromatic N) is 1. The topological polar surface area (TPSA) is 80.5 Å². The van der Waals surface area contributed by atoms with E-state index in [2.05, 4.69) is 12.1 Å². The number of phenolic OH excluding ortho intramolecular Hbond substituents is 1. The van der Waals surface area contributed by atoms with Crippen molar-refractivity contribution in [2.45, 2.75) is 57.7 Å². The van der Waals surface area contributed by atoms with E-state index >= 15 is 0 Å². The number of aromatic hydroxyl groups is 1. The fourth-order valence-electron chi connectivity index (χ4n) is 6.60. The third kappa shape index (κ3) is 3.74. The number of phenols is 1. The number of aliphatic hydroxyl groups excluding tert-OH is 1. The summed E-state index contributed by atoms with van der Waals surface area (Å²) in [5, 5.41) is 25.8. The Hall–Kier alpha value is -2.73. The number of ether oxygens (including phenoxy) is 2. The molecule has 0 radical (unpaired) electrons. The number of rotatable bonds is 5. The summed E-state index contributed by atoms with van der Waals surface area (Å²) in [5.41, 5.74) is 3.93. The Morgan fingerprint density at radius 3 is 2.73 bits per heavy atom. The fraction of sp³-hybridized carbons (Fsp3) is 0.519. The summed E-state index contributed by atoms with van der Waals surface area (Å²) in [4.78, 5) is 5.82. The highest BCUT2D eigenvalue weighted by Gasteiger charge is 2.55. The first-order valence-corrected chi connectivity index (χ1v) is 11.9. The molecule has 0 bridgehead atoms. The van der Waals surface area contributed by atoms with Crippen molar-refractivity contribution in [3.63, 3.8) is 0 Å². The summed E-state index contributed by atoms with van der Waals surface area (Å²) in [7, 11) is 3.23. The van der Waals surface area contributed by atoms with Gasteiger partial charge in [0.15, 0.2) is 11.5 Å². The predicted octanol–water partition coefficient (Wildman–Crippen LogP) is 5.00. The van der Waals surface area contributed by atoms with Crippen molar-refractivity contribution in [2.24, 2.45) is 22.4 Å². The summed E-state index contributed by atoms with van der Waals surface area (Å²) in [6.45, 7) is 2.60. The summed E-state index contributed by atoms with van der Waals surface area (Å²) < 4.78 is 10.7. The van der Waals surface area contributed by atoms with E-state index in [1.165, 1.54) is 5.56 Å². The lowest BCUT2D eigenvalue weighted by Crippen LogP contribution is -2.45. The largest absolute Gasteiger partial charge is 0.504 e. The zero-order valence-corrected chi connectivity index (χ0v) is 19.6. The van der Waals surface area contributed by atoms with Crippen molar-refractivity contribution in [3.05, 3.63) is 53.1 Å². The first-order valence-electron chi connectivity index (χ1n) is 11.9. The Balaban J connectivity index is 1.48. The Bertz CT molecular complexity index is 1070. The molecule has 33 heavy (non-hydrogen) atoms. The van der Waals surface area contributed by atoms with Crippen molar-refractivity contribution in [1.29, 1.82) is 0 Å². The highest BCUT2D eigenvalue weighted by atomic mass is 16.6. The van der Waals surface area contributed by atoms with Crippen LogP contribution in [0.15, 0.2) is 41.6 Å². The van der Waals surface area contributed by atoms with E-state index in [0.29, 0.717) is 30.1 Å². The molecule has 2 fully saturated rings. The molecular formula is C27H33NO5. The summed E-state index contributed by atoms with van der Waals surface area (Å²) in [5.74, 6) is 2.60. The summed E-state index contributed by atoms with van der Waals surface area (Å²) >= 11 is 0. The predicted molar refractivity (Wildman–Crippen MR) is 126 cm³/mol. The first-order chi connectivity index (χ1) is 15.9. The van der Waals surface area contributed by atoms with E-state index in [0.717, 1.165) is 54.7 Å². The molecule has 0 aromatic heterocycles. The summed E-state index contributed by atoms with van der Waals surface area (Å²) in [6.07, 6.45) is 4.50. The summed E-state index contributed by atoms with van der Waals surface area (Å²) in [6, 6.07) is 11.5. The van der Waals surface area contributed by atoms with Crippen LogP contribution in [0.3, 0.4) is 0 Å². The van der Waals surface area contributed by atoms with Gasteiger partial charge in [0.1, 0.15) is 12.4 Å². The van der Waals surface area contributed by atoms with Crippen LogP contribution >= 0.6 is 0 Å². The number of hydrogen-bond acceptors (Lipinski definition) is 6. The second-order valence-electron chi connectivity index (χ2n) is 9.99. The van der Waals surface area contributed by atoms with Gasteiger partial charge in [0.2, 0.25) is 0 Å². The number of methoxy groups -OCH3 is 2. The number of aliphatic hydroxyl groups is 1. The molecule has 5 rings (SSSR count). The second-order valence-corrected chi connectivity index (χ2v) is 9.99. The molecule has 2 N–H and O–H groups in total. The molecule has 3 aliphatic rings. The molecule has 2 aromatic carbocycles. The number of fused-ring (bicyclic) bond motifs is 5. The molecule has 6 nitrogen and oxygen atoms in total. The smallest absolute Gasteiger partial charge is 0.160 e. The van der Waals surface area contributed by atoms with E-state index < -0.39 is 0 Å². The van der Waals surface area contributed by atoms with Crippen LogP contribution in [0.4, 0.5) is 0 Å². The SMILES string of the molecule is COc1cccc(CON=C2C[C@@H]3[C@H](CC[C@]4(C)C(O)CC[C@@H]34)c3cc(OC)c(O)cc32)c1. The quantitative estimate of drug-likeness (QED) is 0.625. The Kier molecular flexibility index (Phi) is 5.73. The van der Waals surface area contributed by atoms with E-state index in [1.54, 1.807) is 20.3 Å². The van der Waals surface area contributed by atoms with Crippen molar-refractivity contribution in [2.75, 3.05) is 14.2 Å². The maximum Gasteiger partial charge on any atom is 0.160 e. The third-order valence-electron chi connectivity index (χ3n) is 8.42. The molecule has 176 valence electrons. The van der Waals surface area contributed by atoms with Crippen LogP contribution in [-0.4, -0.2) is 36.2 Å². The Morgan fingerprint density at radius 1 is 1.09 bits per heavy atom. The molecule has 3 aliphatic carbocycles. The maximum atomic E-state index is 10.7. The third-order valence-corrected chi connectivity index (χ3v) is 8.42. The van der Waals surface area contributed by atoms with Crippen LogP contribution < -0.4 is 9.47 Å². The van der Waals surface area contributed by atoms with Crippen molar-refractivity contribution in [1.82, 2.24) is 0 Å². The number of oxime groups is 1. The maximum absolute atomic E-state index is 10.7. The van der Waals surface area contributed by atoms with Crippen LogP contribution in [-0.2, 0) is 11.4 Å². The van der Waals surface area contributed by atoms with Gasteiger partial charge in [-0.2, -0.15) is 0 Å². The lowest BCUT2D eigenvalue weighted by atomic mass is 9.55. The van der Waals surface area contributed by atoms with Gasteiger partial charge in [-0.3, -0.25) is 0 Å². The molecule has 0 spiro atoms. The molecule has 2 aromatic rings. The van der Waals surface area contributed by atoms with Gasteiger partial charge in [-0.15, -0.1) is 0 Å². The van der Waals surface area contributed by atoms with Crippen molar-refractivity contribution >= 4 is 5.71 Å². The van der Waals surface area contributed by atoms with Crippen molar-refractivity contribution < 1.29 is 24.5 Å². The Labute approximate surface area is 195 Å². The number of hydrogen-bond donors (Lipinski definition) is 2. The average Bonchev–Trinajstić information content (AvgIpc) is 3.13. The second kappa shape index (κ2) is 8.56. The molecule has 6 heteroatoms. The molecule has 0 saturated heterocycles. The molecule has 5 atom stereocenters. The van der Waals surface area contributed by atoms with Gasteiger partial charge < -0.3 is 24.5 Å². The van der Waals surface area contributed by atoms with Crippen LogP contribution in [0.5, 0.6) is 17.2 Å². The fourth-order valence-corrected chi connectivity index (χ4v) is 6.60. The van der Waals surface area contributed by atoms with Crippen molar-refractivity contribution in [3.8, 4) is 17.2 Å². The van der Waals surface area contributed by atoms with Crippen LogP contribution in [0.1, 0.15) is 61.6 Å². The molecule has 0 heterocycles. The molecule has 2 saturated carbocycles. The zero-order chi connectivity index (χ0) is 23.2. The number of benzene rings is 2. The lowest BCUT2D eigenvalue weighted by molar-refractivity contribution is -0.0180. The van der Waals surface area contributed by atoms with Gasteiger partial charge in [0.05, 0.1) is 26.0 Å². The molecular weight excluding hydrogens is 418 g/mol. The van der Waals surface area contributed by atoms with Gasteiger partial charge in [-0.25, -0.2) is 0 Å². The van der Waals surface area contributed by atoms with Gasteiger partial charge in [0, 0.05) is 5.56 Å². The highest BCUT2D eigenvalue weighted by molar-refractivity contribution is 6.03. The van der Waals surface area contributed by atoms with Crippen LogP contribution in [0.2, 0.25) is 0 Å².